The molecule has 0 atom stereocenters. The highest BCUT2D eigenvalue weighted by atomic mass is 35.5. The lowest BCUT2D eigenvalue weighted by atomic mass is 10.0. The van der Waals surface area contributed by atoms with E-state index in [4.69, 9.17) is 23.2 Å². The molecule has 0 aliphatic carbocycles. The van der Waals surface area contributed by atoms with Crippen molar-refractivity contribution in [1.82, 2.24) is 0 Å². The third-order valence-electron chi connectivity index (χ3n) is 2.39. The highest BCUT2D eigenvalue weighted by molar-refractivity contribution is 6.20. The van der Waals surface area contributed by atoms with Crippen molar-refractivity contribution in [3.8, 4) is 0 Å². The number of rotatable bonds is 5. The van der Waals surface area contributed by atoms with E-state index >= 15 is 0 Å². The molecular weight excluding hydrogens is 215 g/mol. The van der Waals surface area contributed by atoms with E-state index in [1.807, 2.05) is 0 Å². The molecule has 0 aliphatic rings. The first-order chi connectivity index (χ1) is 6.80. The Kier molecular flexibility index (Phi) is 5.36. The Morgan fingerprint density at radius 3 is 1.93 bits per heavy atom. The molecule has 0 N–H and O–H groups in total. The minimum absolute atomic E-state index is 0.394. The predicted molar refractivity (Wildman–Crippen MR) is 64.5 cm³/mol. The molecule has 0 amide bonds. The molecule has 0 radical (unpaired) electrons. The predicted octanol–water partition coefficient (Wildman–Crippen LogP) is 3.89. The number of hydrogen-bond acceptors (Lipinski definition) is 0. The Labute approximate surface area is 96.2 Å². The first-order valence-corrected chi connectivity index (χ1v) is 6.06. The van der Waals surface area contributed by atoms with Gasteiger partial charge in [0, 0.05) is 11.8 Å². The van der Waals surface area contributed by atoms with Gasteiger partial charge < -0.3 is 0 Å². The normalized spacial score (nSPS) is 10.9. The van der Waals surface area contributed by atoms with Crippen LogP contribution >= 0.6 is 23.2 Å². The maximum absolute atomic E-state index is 5.79. The number of benzene rings is 1. The summed E-state index contributed by atoms with van der Waals surface area (Å²) in [6.07, 6.45) is 2.08. The third-order valence-corrected chi connectivity index (χ3v) is 3.26. The Bertz CT molecular complexity index is 250. The fourth-order valence-electron chi connectivity index (χ4n) is 1.39. The summed E-state index contributed by atoms with van der Waals surface area (Å²) in [6, 6.07) is 8.69. The van der Waals surface area contributed by atoms with E-state index in [9.17, 15) is 0 Å². The van der Waals surface area contributed by atoms with Gasteiger partial charge in [-0.05, 0) is 29.9 Å². The highest BCUT2D eigenvalue weighted by Crippen LogP contribution is 2.13. The Morgan fingerprint density at radius 1 is 1.00 bits per heavy atom. The second-order valence-electron chi connectivity index (χ2n) is 3.55. The molecule has 1 aromatic carbocycles. The van der Waals surface area contributed by atoms with Crippen molar-refractivity contribution in [3.05, 3.63) is 35.4 Å². The van der Waals surface area contributed by atoms with Crippen LogP contribution in [-0.4, -0.2) is 11.8 Å². The molecule has 0 nitrogen and oxygen atoms in total. The van der Waals surface area contributed by atoms with E-state index in [0.717, 1.165) is 12.8 Å². The van der Waals surface area contributed by atoms with Gasteiger partial charge in [0.1, 0.15) is 0 Å². The van der Waals surface area contributed by atoms with Gasteiger partial charge in [0.15, 0.2) is 0 Å². The number of halogens is 2. The van der Waals surface area contributed by atoms with Gasteiger partial charge in [0.25, 0.3) is 0 Å². The van der Waals surface area contributed by atoms with Crippen LogP contribution in [0, 0.1) is 5.92 Å². The molecule has 0 spiro atoms. The van der Waals surface area contributed by atoms with Crippen LogP contribution in [-0.2, 0) is 12.8 Å². The van der Waals surface area contributed by atoms with E-state index in [0.29, 0.717) is 17.7 Å². The number of aryl methyl sites for hydroxylation is 1. The van der Waals surface area contributed by atoms with Crippen molar-refractivity contribution in [1.29, 1.82) is 0 Å². The van der Waals surface area contributed by atoms with Crippen molar-refractivity contribution < 1.29 is 0 Å². The van der Waals surface area contributed by atoms with Gasteiger partial charge in [-0.1, -0.05) is 31.2 Å². The Hall–Kier alpha value is -0.200. The molecule has 0 aromatic heterocycles. The van der Waals surface area contributed by atoms with E-state index in [1.165, 1.54) is 11.1 Å². The van der Waals surface area contributed by atoms with E-state index in [1.54, 1.807) is 0 Å². The van der Waals surface area contributed by atoms with Gasteiger partial charge in [0.05, 0.1) is 0 Å². The minimum Gasteiger partial charge on any atom is -0.126 e. The maximum atomic E-state index is 5.79. The number of alkyl halides is 2. The quantitative estimate of drug-likeness (QED) is 0.674. The molecule has 0 unspecified atom stereocenters. The van der Waals surface area contributed by atoms with Crippen LogP contribution in [0.2, 0.25) is 0 Å². The molecule has 0 saturated carbocycles. The second-order valence-corrected chi connectivity index (χ2v) is 4.17. The first kappa shape index (κ1) is 11.9. The number of hydrogen-bond donors (Lipinski definition) is 0. The summed E-state index contributed by atoms with van der Waals surface area (Å²) in [5.41, 5.74) is 2.70. The molecule has 14 heavy (non-hydrogen) atoms. The molecule has 0 heterocycles. The Morgan fingerprint density at radius 2 is 1.50 bits per heavy atom. The SMILES string of the molecule is CCc1ccc(CC(CCl)CCl)cc1. The van der Waals surface area contributed by atoms with Crippen LogP contribution < -0.4 is 0 Å². The highest BCUT2D eigenvalue weighted by Gasteiger charge is 2.06. The average molecular weight is 231 g/mol. The van der Waals surface area contributed by atoms with Crippen molar-refractivity contribution in [2.45, 2.75) is 19.8 Å². The average Bonchev–Trinajstić information content (AvgIpc) is 2.26. The summed E-state index contributed by atoms with van der Waals surface area (Å²) in [4.78, 5) is 0. The summed E-state index contributed by atoms with van der Waals surface area (Å²) < 4.78 is 0. The molecule has 1 rings (SSSR count). The van der Waals surface area contributed by atoms with Crippen LogP contribution in [0.4, 0.5) is 0 Å². The van der Waals surface area contributed by atoms with Gasteiger partial charge in [0.2, 0.25) is 0 Å². The summed E-state index contributed by atoms with van der Waals surface area (Å²) >= 11 is 11.6. The summed E-state index contributed by atoms with van der Waals surface area (Å²) in [6.45, 7) is 2.16. The molecule has 0 saturated heterocycles. The lowest BCUT2D eigenvalue weighted by Gasteiger charge is -2.10. The molecule has 1 aromatic rings. The smallest absolute Gasteiger partial charge is 0.0266 e. The van der Waals surface area contributed by atoms with Gasteiger partial charge in [-0.15, -0.1) is 23.2 Å². The van der Waals surface area contributed by atoms with Crippen molar-refractivity contribution >= 4 is 23.2 Å². The van der Waals surface area contributed by atoms with Crippen LogP contribution in [0.3, 0.4) is 0 Å². The molecule has 0 aliphatic heterocycles. The largest absolute Gasteiger partial charge is 0.126 e. The fraction of sp³-hybridized carbons (Fsp3) is 0.500. The van der Waals surface area contributed by atoms with Gasteiger partial charge in [-0.2, -0.15) is 0 Å². The van der Waals surface area contributed by atoms with Crippen LogP contribution in [0.5, 0.6) is 0 Å². The van der Waals surface area contributed by atoms with E-state index < -0.39 is 0 Å². The maximum Gasteiger partial charge on any atom is 0.0266 e. The van der Waals surface area contributed by atoms with E-state index in [2.05, 4.69) is 31.2 Å². The molecule has 0 bridgehead atoms. The monoisotopic (exact) mass is 230 g/mol. The summed E-state index contributed by atoms with van der Waals surface area (Å²) in [5, 5.41) is 0. The van der Waals surface area contributed by atoms with Gasteiger partial charge in [-0.3, -0.25) is 0 Å². The van der Waals surface area contributed by atoms with Crippen molar-refractivity contribution in [2.24, 2.45) is 5.92 Å². The fourth-order valence-corrected chi connectivity index (χ4v) is 1.94. The molecule has 0 fully saturated rings. The van der Waals surface area contributed by atoms with Crippen LogP contribution in [0.25, 0.3) is 0 Å². The summed E-state index contributed by atoms with van der Waals surface area (Å²) in [5.74, 6) is 1.67. The second kappa shape index (κ2) is 6.31. The zero-order chi connectivity index (χ0) is 10.4. The zero-order valence-corrected chi connectivity index (χ0v) is 9.98. The third kappa shape index (κ3) is 3.51. The lowest BCUT2D eigenvalue weighted by Crippen LogP contribution is -2.07. The molecule has 2 heteroatoms. The minimum atomic E-state index is 0.394. The first-order valence-electron chi connectivity index (χ1n) is 4.99. The Balaban J connectivity index is 2.58. The van der Waals surface area contributed by atoms with Gasteiger partial charge >= 0.3 is 0 Å². The van der Waals surface area contributed by atoms with Crippen molar-refractivity contribution in [2.75, 3.05) is 11.8 Å². The summed E-state index contributed by atoms with van der Waals surface area (Å²) in [7, 11) is 0. The van der Waals surface area contributed by atoms with E-state index in [-0.39, 0.29) is 0 Å². The standard InChI is InChI=1S/C12H16Cl2/c1-2-10-3-5-11(6-4-10)7-12(8-13)9-14/h3-6,12H,2,7-9H2,1H3. The topological polar surface area (TPSA) is 0 Å². The zero-order valence-electron chi connectivity index (χ0n) is 8.47. The van der Waals surface area contributed by atoms with Crippen LogP contribution in [0.1, 0.15) is 18.1 Å². The van der Waals surface area contributed by atoms with Gasteiger partial charge in [-0.25, -0.2) is 0 Å². The molecular formula is C12H16Cl2. The van der Waals surface area contributed by atoms with Crippen LogP contribution in [0.15, 0.2) is 24.3 Å². The van der Waals surface area contributed by atoms with Crippen molar-refractivity contribution in [3.63, 3.8) is 0 Å². The lowest BCUT2D eigenvalue weighted by molar-refractivity contribution is 0.662. The molecule has 78 valence electrons.